The fourth-order valence-corrected chi connectivity index (χ4v) is 1.64. The van der Waals surface area contributed by atoms with Crippen molar-refractivity contribution in [2.75, 3.05) is 0 Å². The highest BCUT2D eigenvalue weighted by Gasteiger charge is 2.30. The van der Waals surface area contributed by atoms with E-state index < -0.39 is 6.41 Å². The Labute approximate surface area is 77.3 Å². The van der Waals surface area contributed by atoms with Crippen molar-refractivity contribution >= 4 is 0 Å². The first kappa shape index (κ1) is 8.69. The van der Waals surface area contributed by atoms with Gasteiger partial charge in [-0.15, -0.1) is 0 Å². The van der Waals surface area contributed by atoms with Gasteiger partial charge in [-0.1, -0.05) is 30.3 Å². The van der Waals surface area contributed by atoms with Gasteiger partial charge in [-0.05, 0) is 12.5 Å². The zero-order chi connectivity index (χ0) is 9.26. The minimum atomic E-state index is -0.833. The number of ether oxygens (including phenoxy) is 1. The topological polar surface area (TPSA) is 41.5 Å². The molecule has 1 aromatic rings. The van der Waals surface area contributed by atoms with Gasteiger partial charge in [0.2, 0.25) is 6.41 Å². The molecule has 70 valence electrons. The monoisotopic (exact) mass is 179 g/mol. The van der Waals surface area contributed by atoms with Crippen LogP contribution in [0.5, 0.6) is 0 Å². The van der Waals surface area contributed by atoms with E-state index in [4.69, 9.17) is 4.74 Å². The van der Waals surface area contributed by atoms with Crippen LogP contribution in [-0.4, -0.2) is 17.6 Å². The van der Waals surface area contributed by atoms with Crippen molar-refractivity contribution in [3.05, 3.63) is 35.9 Å². The molecule has 13 heavy (non-hydrogen) atoms. The Balaban J connectivity index is 2.18. The second-order valence-electron chi connectivity index (χ2n) is 3.25. The van der Waals surface area contributed by atoms with Gasteiger partial charge in [-0.2, -0.15) is 0 Å². The normalized spacial score (nSPS) is 33.5. The molecular weight excluding hydrogens is 166 g/mol. The molecule has 1 aliphatic rings. The maximum atomic E-state index is 9.20. The first-order chi connectivity index (χ1) is 6.27. The molecule has 3 nitrogen and oxygen atoms in total. The van der Waals surface area contributed by atoms with Crippen LogP contribution in [0, 0.1) is 0 Å². The average molecular weight is 179 g/mol. The minimum absolute atomic E-state index is 0.0115. The summed E-state index contributed by atoms with van der Waals surface area (Å²) >= 11 is 0. The van der Waals surface area contributed by atoms with Crippen LogP contribution >= 0.6 is 0 Å². The fraction of sp³-hybridized carbons (Fsp3) is 0.400. The third-order valence-corrected chi connectivity index (χ3v) is 2.29. The highest BCUT2D eigenvalue weighted by atomic mass is 16.6. The Morgan fingerprint density at radius 2 is 2.00 bits per heavy atom. The molecule has 1 aliphatic heterocycles. The van der Waals surface area contributed by atoms with E-state index in [-0.39, 0.29) is 12.1 Å². The van der Waals surface area contributed by atoms with Gasteiger partial charge in [0.1, 0.15) is 0 Å². The van der Waals surface area contributed by atoms with Crippen LogP contribution in [-0.2, 0) is 4.74 Å². The fourth-order valence-electron chi connectivity index (χ4n) is 1.64. The lowest BCUT2D eigenvalue weighted by Crippen LogP contribution is -2.24. The van der Waals surface area contributed by atoms with Crippen LogP contribution < -0.4 is 5.32 Å². The van der Waals surface area contributed by atoms with Crippen molar-refractivity contribution in [3.63, 3.8) is 0 Å². The summed E-state index contributed by atoms with van der Waals surface area (Å²) in [4.78, 5) is 0. The van der Waals surface area contributed by atoms with Crippen LogP contribution in [0.4, 0.5) is 0 Å². The first-order valence-corrected chi connectivity index (χ1v) is 4.42. The largest absolute Gasteiger partial charge is 0.356 e. The molecule has 3 heteroatoms. The SMILES string of the molecule is C[C@@H]1OC(O)N[C@H]1c1ccccc1. The number of hydrogen-bond donors (Lipinski definition) is 2. The van der Waals surface area contributed by atoms with E-state index in [1.165, 1.54) is 0 Å². The second-order valence-corrected chi connectivity index (χ2v) is 3.25. The van der Waals surface area contributed by atoms with E-state index in [1.807, 2.05) is 37.3 Å². The second kappa shape index (κ2) is 3.46. The molecule has 0 spiro atoms. The lowest BCUT2D eigenvalue weighted by molar-refractivity contribution is -0.0955. The van der Waals surface area contributed by atoms with E-state index in [0.29, 0.717) is 0 Å². The van der Waals surface area contributed by atoms with E-state index in [0.717, 1.165) is 5.56 Å². The number of rotatable bonds is 1. The number of aliphatic hydroxyl groups excluding tert-OH is 1. The molecule has 2 rings (SSSR count). The highest BCUT2D eigenvalue weighted by molar-refractivity contribution is 5.20. The summed E-state index contributed by atoms with van der Waals surface area (Å²) < 4.78 is 5.17. The average Bonchev–Trinajstić information content (AvgIpc) is 2.47. The summed E-state index contributed by atoms with van der Waals surface area (Å²) in [7, 11) is 0. The van der Waals surface area contributed by atoms with Crippen molar-refractivity contribution in [2.45, 2.75) is 25.5 Å². The Hall–Kier alpha value is -0.900. The molecule has 1 saturated heterocycles. The van der Waals surface area contributed by atoms with Crippen molar-refractivity contribution in [3.8, 4) is 0 Å². The molecule has 0 amide bonds. The standard InChI is InChI=1S/C10H13NO2/c1-7-9(11-10(12)13-7)8-5-3-2-4-6-8/h2-7,9-12H,1H3/t7-,9+,10?/m0/s1. The summed E-state index contributed by atoms with van der Waals surface area (Å²) in [6, 6.07) is 10.1. The van der Waals surface area contributed by atoms with Gasteiger partial charge in [0.25, 0.3) is 0 Å². The van der Waals surface area contributed by atoms with E-state index in [2.05, 4.69) is 5.32 Å². The summed E-state index contributed by atoms with van der Waals surface area (Å²) in [5.41, 5.74) is 1.14. The maximum Gasteiger partial charge on any atom is 0.214 e. The molecule has 0 aromatic heterocycles. The number of benzene rings is 1. The van der Waals surface area contributed by atoms with Gasteiger partial charge in [0, 0.05) is 0 Å². The lowest BCUT2D eigenvalue weighted by Gasteiger charge is -2.13. The molecule has 0 radical (unpaired) electrons. The van der Waals surface area contributed by atoms with Crippen molar-refractivity contribution < 1.29 is 9.84 Å². The molecule has 1 unspecified atom stereocenters. The lowest BCUT2D eigenvalue weighted by atomic mass is 10.0. The van der Waals surface area contributed by atoms with E-state index >= 15 is 0 Å². The molecule has 3 atom stereocenters. The molecule has 1 aromatic carbocycles. The van der Waals surface area contributed by atoms with Gasteiger partial charge in [-0.25, -0.2) is 0 Å². The maximum absolute atomic E-state index is 9.20. The Morgan fingerprint density at radius 3 is 2.54 bits per heavy atom. The van der Waals surface area contributed by atoms with E-state index in [1.54, 1.807) is 0 Å². The Morgan fingerprint density at radius 1 is 1.31 bits per heavy atom. The third-order valence-electron chi connectivity index (χ3n) is 2.29. The van der Waals surface area contributed by atoms with Crippen LogP contribution in [0.1, 0.15) is 18.5 Å². The summed E-state index contributed by atoms with van der Waals surface area (Å²) in [6.07, 6.45) is -0.822. The van der Waals surface area contributed by atoms with Crippen LogP contribution in [0.3, 0.4) is 0 Å². The predicted molar refractivity (Wildman–Crippen MR) is 48.9 cm³/mol. The Bertz CT molecular complexity index is 276. The Kier molecular flexibility index (Phi) is 2.31. The molecule has 0 aliphatic carbocycles. The predicted octanol–water partition coefficient (Wildman–Crippen LogP) is 1.01. The molecule has 0 saturated carbocycles. The molecule has 1 heterocycles. The van der Waals surface area contributed by atoms with Crippen molar-refractivity contribution in [2.24, 2.45) is 0 Å². The van der Waals surface area contributed by atoms with Gasteiger partial charge < -0.3 is 9.84 Å². The van der Waals surface area contributed by atoms with Gasteiger partial charge in [-0.3, -0.25) is 5.32 Å². The smallest absolute Gasteiger partial charge is 0.214 e. The highest BCUT2D eigenvalue weighted by Crippen LogP contribution is 2.24. The molecular formula is C10H13NO2. The minimum Gasteiger partial charge on any atom is -0.356 e. The van der Waals surface area contributed by atoms with Gasteiger partial charge in [0.05, 0.1) is 12.1 Å². The zero-order valence-electron chi connectivity index (χ0n) is 7.47. The molecule has 0 bridgehead atoms. The summed E-state index contributed by atoms with van der Waals surface area (Å²) in [6.45, 7) is 1.95. The van der Waals surface area contributed by atoms with Crippen LogP contribution in [0.15, 0.2) is 30.3 Å². The van der Waals surface area contributed by atoms with Crippen molar-refractivity contribution in [1.29, 1.82) is 0 Å². The van der Waals surface area contributed by atoms with Crippen LogP contribution in [0.2, 0.25) is 0 Å². The van der Waals surface area contributed by atoms with Gasteiger partial charge in [0.15, 0.2) is 0 Å². The van der Waals surface area contributed by atoms with E-state index in [9.17, 15) is 5.11 Å². The van der Waals surface area contributed by atoms with Gasteiger partial charge >= 0.3 is 0 Å². The summed E-state index contributed by atoms with van der Waals surface area (Å²) in [5, 5.41) is 12.2. The van der Waals surface area contributed by atoms with Crippen LogP contribution in [0.25, 0.3) is 0 Å². The number of nitrogens with one attached hydrogen (secondary N) is 1. The quantitative estimate of drug-likeness (QED) is 0.676. The molecule has 1 fully saturated rings. The zero-order valence-corrected chi connectivity index (χ0v) is 7.47. The number of hydrogen-bond acceptors (Lipinski definition) is 3. The first-order valence-electron chi connectivity index (χ1n) is 4.42. The van der Waals surface area contributed by atoms with Crippen molar-refractivity contribution in [1.82, 2.24) is 5.32 Å². The molecule has 2 N–H and O–H groups in total. The number of aliphatic hydroxyl groups is 1. The third kappa shape index (κ3) is 1.72. The summed E-state index contributed by atoms with van der Waals surface area (Å²) in [5.74, 6) is 0.